The summed E-state index contributed by atoms with van der Waals surface area (Å²) in [7, 11) is 0. The highest BCUT2D eigenvalue weighted by Crippen LogP contribution is 2.30. The number of hydrogen-bond acceptors (Lipinski definition) is 6. The van der Waals surface area contributed by atoms with Crippen LogP contribution in [0.15, 0.2) is 53.1 Å². The zero-order valence-corrected chi connectivity index (χ0v) is 14.7. The molecule has 0 radical (unpaired) electrons. The van der Waals surface area contributed by atoms with Gasteiger partial charge in [0.05, 0.1) is 4.92 Å². The fourth-order valence-corrected chi connectivity index (χ4v) is 2.54. The molecule has 3 aromatic rings. The Morgan fingerprint density at radius 1 is 1.19 bits per heavy atom. The van der Waals surface area contributed by atoms with Gasteiger partial charge in [0.2, 0.25) is 0 Å². The van der Waals surface area contributed by atoms with E-state index in [4.69, 9.17) is 4.52 Å². The highest BCUT2D eigenvalue weighted by atomic mass is 16.6. The quantitative estimate of drug-likeness (QED) is 0.499. The first-order valence-electron chi connectivity index (χ1n) is 8.45. The number of nitrogens with zero attached hydrogens (tertiary/aromatic N) is 3. The number of hydrogen-bond donors (Lipinski definition) is 1. The first-order valence-corrected chi connectivity index (χ1v) is 8.45. The molecular weight excluding hydrogens is 332 g/mol. The maximum absolute atomic E-state index is 11.5. The Balaban J connectivity index is 1.77. The Hall–Kier alpha value is -3.22. The number of nitrogens with one attached hydrogen (secondary N) is 1. The third-order valence-corrected chi connectivity index (χ3v) is 3.97. The SMILES string of the molecule is CC(C)c1noc(-c2ccc(NCCc3ccccc3)c([N+](=O)[O-])c2)n1. The first kappa shape index (κ1) is 17.6. The minimum atomic E-state index is -0.409. The Labute approximate surface area is 151 Å². The van der Waals surface area contributed by atoms with Gasteiger partial charge >= 0.3 is 0 Å². The van der Waals surface area contributed by atoms with Crippen molar-refractivity contribution < 1.29 is 9.45 Å². The van der Waals surface area contributed by atoms with E-state index >= 15 is 0 Å². The molecule has 0 aliphatic heterocycles. The van der Waals surface area contributed by atoms with Crippen molar-refractivity contribution in [2.45, 2.75) is 26.2 Å². The van der Waals surface area contributed by atoms with Crippen molar-refractivity contribution in [3.63, 3.8) is 0 Å². The molecule has 7 heteroatoms. The van der Waals surface area contributed by atoms with Crippen LogP contribution in [-0.4, -0.2) is 21.6 Å². The molecule has 3 rings (SSSR count). The summed E-state index contributed by atoms with van der Waals surface area (Å²) in [5.41, 5.74) is 2.16. The predicted molar refractivity (Wildman–Crippen MR) is 99.1 cm³/mol. The van der Waals surface area contributed by atoms with Gasteiger partial charge in [0.25, 0.3) is 11.6 Å². The number of nitro groups is 1. The average Bonchev–Trinajstić information content (AvgIpc) is 3.13. The Bertz CT molecular complexity index is 891. The summed E-state index contributed by atoms with van der Waals surface area (Å²) in [5, 5.41) is 18.5. The van der Waals surface area contributed by atoms with E-state index in [1.807, 2.05) is 44.2 Å². The second-order valence-corrected chi connectivity index (χ2v) is 6.26. The zero-order chi connectivity index (χ0) is 18.5. The smallest absolute Gasteiger partial charge is 0.293 e. The average molecular weight is 352 g/mol. The van der Waals surface area contributed by atoms with Gasteiger partial charge in [0.1, 0.15) is 5.69 Å². The molecule has 0 saturated carbocycles. The minimum Gasteiger partial charge on any atom is -0.379 e. The lowest BCUT2D eigenvalue weighted by atomic mass is 10.1. The summed E-state index contributed by atoms with van der Waals surface area (Å²) in [6.45, 7) is 4.51. The van der Waals surface area contributed by atoms with E-state index in [9.17, 15) is 10.1 Å². The fourth-order valence-electron chi connectivity index (χ4n) is 2.54. The van der Waals surface area contributed by atoms with Gasteiger partial charge in [-0.05, 0) is 24.1 Å². The summed E-state index contributed by atoms with van der Waals surface area (Å²) < 4.78 is 5.22. The van der Waals surface area contributed by atoms with Crippen molar-refractivity contribution in [2.75, 3.05) is 11.9 Å². The van der Waals surface area contributed by atoms with Gasteiger partial charge < -0.3 is 9.84 Å². The molecule has 0 aliphatic rings. The Kier molecular flexibility index (Phi) is 5.26. The van der Waals surface area contributed by atoms with E-state index in [-0.39, 0.29) is 17.5 Å². The molecule has 0 unspecified atom stereocenters. The van der Waals surface area contributed by atoms with Gasteiger partial charge in [-0.25, -0.2) is 0 Å². The second-order valence-electron chi connectivity index (χ2n) is 6.26. The van der Waals surface area contributed by atoms with Gasteiger partial charge in [-0.15, -0.1) is 0 Å². The molecule has 0 spiro atoms. The van der Waals surface area contributed by atoms with E-state index in [1.165, 1.54) is 11.6 Å². The Morgan fingerprint density at radius 3 is 2.62 bits per heavy atom. The molecular formula is C19H20N4O3. The van der Waals surface area contributed by atoms with Crippen LogP contribution in [0.1, 0.15) is 31.2 Å². The van der Waals surface area contributed by atoms with Crippen LogP contribution >= 0.6 is 0 Å². The number of benzene rings is 2. The van der Waals surface area contributed by atoms with Crippen molar-refractivity contribution in [3.8, 4) is 11.5 Å². The highest BCUT2D eigenvalue weighted by Gasteiger charge is 2.18. The third-order valence-electron chi connectivity index (χ3n) is 3.97. The summed E-state index contributed by atoms with van der Waals surface area (Å²) >= 11 is 0. The molecule has 0 aliphatic carbocycles. The van der Waals surface area contributed by atoms with Crippen LogP contribution < -0.4 is 5.32 Å². The number of anilines is 1. The van der Waals surface area contributed by atoms with Gasteiger partial charge in [-0.3, -0.25) is 10.1 Å². The molecule has 0 atom stereocenters. The van der Waals surface area contributed by atoms with Gasteiger partial charge in [0.15, 0.2) is 5.82 Å². The van der Waals surface area contributed by atoms with Crippen LogP contribution in [0.3, 0.4) is 0 Å². The number of aromatic nitrogens is 2. The minimum absolute atomic E-state index is 0.0140. The normalized spacial score (nSPS) is 10.9. The van der Waals surface area contributed by atoms with Crippen molar-refractivity contribution >= 4 is 11.4 Å². The molecule has 0 saturated heterocycles. The van der Waals surface area contributed by atoms with Crippen molar-refractivity contribution in [3.05, 3.63) is 70.0 Å². The topological polar surface area (TPSA) is 94.1 Å². The van der Waals surface area contributed by atoms with E-state index in [1.54, 1.807) is 12.1 Å². The van der Waals surface area contributed by atoms with E-state index in [0.717, 1.165) is 6.42 Å². The molecule has 0 amide bonds. The monoisotopic (exact) mass is 352 g/mol. The van der Waals surface area contributed by atoms with Crippen LogP contribution in [-0.2, 0) is 6.42 Å². The van der Waals surface area contributed by atoms with Crippen LogP contribution in [0.2, 0.25) is 0 Å². The van der Waals surface area contributed by atoms with E-state index in [2.05, 4.69) is 15.5 Å². The summed E-state index contributed by atoms with van der Waals surface area (Å²) in [6, 6.07) is 14.9. The molecule has 26 heavy (non-hydrogen) atoms. The summed E-state index contributed by atoms with van der Waals surface area (Å²) in [5.74, 6) is 0.988. The molecule has 0 fully saturated rings. The lowest BCUT2D eigenvalue weighted by Crippen LogP contribution is -2.07. The second kappa shape index (κ2) is 7.77. The maximum atomic E-state index is 11.5. The molecule has 0 bridgehead atoms. The van der Waals surface area contributed by atoms with Gasteiger partial charge in [0, 0.05) is 24.1 Å². The zero-order valence-electron chi connectivity index (χ0n) is 14.7. The van der Waals surface area contributed by atoms with Gasteiger partial charge in [-0.1, -0.05) is 49.3 Å². The van der Waals surface area contributed by atoms with Crippen LogP contribution in [0.4, 0.5) is 11.4 Å². The lowest BCUT2D eigenvalue weighted by Gasteiger charge is -2.08. The van der Waals surface area contributed by atoms with Crippen molar-refractivity contribution in [2.24, 2.45) is 0 Å². The molecule has 7 nitrogen and oxygen atoms in total. The molecule has 1 aromatic heterocycles. The molecule has 1 N–H and O–H groups in total. The maximum Gasteiger partial charge on any atom is 0.293 e. The Morgan fingerprint density at radius 2 is 1.96 bits per heavy atom. The molecule has 1 heterocycles. The highest BCUT2D eigenvalue weighted by molar-refractivity contribution is 5.69. The van der Waals surface area contributed by atoms with Crippen LogP contribution in [0.5, 0.6) is 0 Å². The molecule has 134 valence electrons. The summed E-state index contributed by atoms with van der Waals surface area (Å²) in [4.78, 5) is 15.3. The summed E-state index contributed by atoms with van der Waals surface area (Å²) in [6.07, 6.45) is 0.779. The standard InChI is InChI=1S/C19H20N4O3/c1-13(2)18-21-19(26-22-18)15-8-9-16(17(12-15)23(24)25)20-11-10-14-6-4-3-5-7-14/h3-9,12-13,20H,10-11H2,1-2H3. The van der Waals surface area contributed by atoms with Crippen molar-refractivity contribution in [1.29, 1.82) is 0 Å². The molecule has 2 aromatic carbocycles. The third kappa shape index (κ3) is 4.05. The van der Waals surface area contributed by atoms with Crippen LogP contribution in [0.25, 0.3) is 11.5 Å². The number of rotatable bonds is 7. The number of nitro benzene ring substituents is 1. The predicted octanol–water partition coefficient (Wildman–Crippen LogP) is 4.42. The lowest BCUT2D eigenvalue weighted by molar-refractivity contribution is -0.383. The van der Waals surface area contributed by atoms with Gasteiger partial charge in [-0.2, -0.15) is 4.98 Å². The van der Waals surface area contributed by atoms with E-state index in [0.29, 0.717) is 23.6 Å². The first-order chi connectivity index (χ1) is 12.5. The van der Waals surface area contributed by atoms with Crippen LogP contribution in [0, 0.1) is 10.1 Å². The van der Waals surface area contributed by atoms with Crippen molar-refractivity contribution in [1.82, 2.24) is 10.1 Å². The van der Waals surface area contributed by atoms with E-state index < -0.39 is 4.92 Å². The largest absolute Gasteiger partial charge is 0.379 e. The fraction of sp³-hybridized carbons (Fsp3) is 0.263.